The number of nitrogens with one attached hydrogen (secondary N) is 4. The molecule has 19 nitrogen and oxygen atoms in total. The SMILES string of the molecule is C.C.CC(=O)c1cc2ccc(Br)cc2[nH]1.CC(C)(C)OC(=O)n1ncc2cc(Nc3ccnc(Cl)n3)ccc21.CN1CCNCC1.Clc1nccc(Nc2ccc(C3=CCN=C3)cc2)n1.NC1CCOC1.O=C(O)c1cc2ccc(Br)cc2s1. The van der Waals surface area contributed by atoms with Gasteiger partial charge in [0.05, 0.1) is 30.6 Å². The number of carboxylic acid groups (broad SMARTS) is 1. The second kappa shape index (κ2) is 32.9. The van der Waals surface area contributed by atoms with Gasteiger partial charge < -0.3 is 46.1 Å². The number of aromatic nitrogens is 7. The normalized spacial score (nSPS) is 14.2. The zero-order chi connectivity index (χ0) is 58.8. The molecule has 3 aliphatic heterocycles. The van der Waals surface area contributed by atoms with E-state index in [9.17, 15) is 14.4 Å². The number of piperazine rings is 1. The molecule has 1 unspecified atom stereocenters. The lowest BCUT2D eigenvalue weighted by atomic mass is 10.1. The van der Waals surface area contributed by atoms with Crippen LogP contribution in [-0.2, 0) is 9.47 Å². The fraction of sp³-hybridized carbons (Fsp3) is 0.283. The Morgan fingerprint density at radius 1 is 0.821 bits per heavy atom. The Morgan fingerprint density at radius 3 is 1.99 bits per heavy atom. The van der Waals surface area contributed by atoms with Crippen LogP contribution >= 0.6 is 66.4 Å². The van der Waals surface area contributed by atoms with Crippen LogP contribution in [0.5, 0.6) is 0 Å². The maximum atomic E-state index is 12.2. The monoisotopic (exact) mass is 1330 g/mol. The zero-order valence-corrected chi connectivity index (χ0v) is 51.0. The van der Waals surface area contributed by atoms with Gasteiger partial charge in [-0.15, -0.1) is 11.3 Å². The van der Waals surface area contributed by atoms with E-state index in [1.807, 2.05) is 106 Å². The van der Waals surface area contributed by atoms with Crippen LogP contribution in [0.25, 0.3) is 37.5 Å². The van der Waals surface area contributed by atoms with E-state index in [1.54, 1.807) is 49.8 Å². The van der Waals surface area contributed by atoms with Crippen molar-refractivity contribution in [2.75, 3.05) is 63.6 Å². The number of benzene rings is 4. The van der Waals surface area contributed by atoms with Gasteiger partial charge in [-0.1, -0.05) is 77.1 Å². The molecule has 0 saturated carbocycles. The number of halogens is 4. The molecule has 444 valence electrons. The standard InChI is InChI=1S/C16H16ClN5O2.C14H11ClN4.C10H8BrNO.C9H5BrO2S.C5H12N2.C4H9NO.2CH4/c1-16(2,3)24-15(23)22-12-5-4-11(8-10(12)9-19-22)20-13-6-7-18-14(17)21-13;15-14-17-8-6-13(19-14)18-12-3-1-10(2-4-12)11-5-7-16-9-11;1-6(13)9-4-7-2-3-8(11)5-10(7)12-9;10-6-2-1-5-3-8(9(11)12)13-7(5)4-6;1-7-4-2-6-3-5-7;5-4-1-2-6-3-4;;/h4-9H,1-3H3,(H,18,20,21);1-6,8-9H,7H2,(H,17,18,19);2-5,12H,1H3;1-4H,(H,11,12);6H,2-5H2,1H3;4H,1-3,5H2;2*1H4. The minimum absolute atomic E-state index is 0. The van der Waals surface area contributed by atoms with Crippen molar-refractivity contribution in [1.82, 2.24) is 44.9 Å². The van der Waals surface area contributed by atoms with Crippen LogP contribution in [0.2, 0.25) is 10.6 Å². The highest BCUT2D eigenvalue weighted by Crippen LogP contribution is 2.29. The molecular formula is C60H69Br2Cl2N13O6S. The fourth-order valence-electron chi connectivity index (χ4n) is 7.69. The number of fused-ring (bicyclic) bond motifs is 3. The number of rotatable bonds is 7. The largest absolute Gasteiger partial charge is 0.477 e. The van der Waals surface area contributed by atoms with Crippen molar-refractivity contribution < 1.29 is 29.0 Å². The predicted octanol–water partition coefficient (Wildman–Crippen LogP) is 14.4. The summed E-state index contributed by atoms with van der Waals surface area (Å²) < 4.78 is 14.5. The van der Waals surface area contributed by atoms with E-state index in [0.717, 1.165) is 97.1 Å². The van der Waals surface area contributed by atoms with Crippen molar-refractivity contribution in [2.45, 2.75) is 60.6 Å². The highest BCUT2D eigenvalue weighted by molar-refractivity contribution is 9.10. The number of ketones is 1. The third kappa shape index (κ3) is 21.6. The molecule has 12 rings (SSSR count). The van der Waals surface area contributed by atoms with Crippen LogP contribution in [0, 0.1) is 0 Å². The van der Waals surface area contributed by atoms with Gasteiger partial charge in [-0.3, -0.25) is 9.79 Å². The number of aliphatic imine (C=N–C) groups is 1. The Bertz CT molecular complexity index is 3580. The summed E-state index contributed by atoms with van der Waals surface area (Å²) in [5.74, 6) is 0.452. The number of Topliss-reactive ketones (excluding diaryl/α,β-unsaturated/α-hetero) is 1. The molecule has 0 spiro atoms. The number of carboxylic acids is 1. The molecule has 0 radical (unpaired) electrons. The van der Waals surface area contributed by atoms with Gasteiger partial charge in [0, 0.05) is 106 Å². The van der Waals surface area contributed by atoms with Crippen LogP contribution < -0.4 is 21.7 Å². The molecule has 7 N–H and O–H groups in total. The molecular weight excluding hydrogens is 1260 g/mol. The maximum Gasteiger partial charge on any atom is 0.435 e. The van der Waals surface area contributed by atoms with Crippen molar-refractivity contribution in [2.24, 2.45) is 10.7 Å². The zero-order valence-electron chi connectivity index (χ0n) is 45.5. The van der Waals surface area contributed by atoms with Gasteiger partial charge >= 0.3 is 12.1 Å². The smallest absolute Gasteiger partial charge is 0.435 e. The van der Waals surface area contributed by atoms with E-state index in [2.05, 4.69) is 101 Å². The second-order valence-corrected chi connectivity index (χ2v) is 23.1. The molecule has 24 heteroatoms. The Morgan fingerprint density at radius 2 is 1.45 bits per heavy atom. The van der Waals surface area contributed by atoms with Gasteiger partial charge in [-0.2, -0.15) is 9.78 Å². The number of ether oxygens (including phenoxy) is 2. The van der Waals surface area contributed by atoms with E-state index >= 15 is 0 Å². The number of hydrogen-bond donors (Lipinski definition) is 6. The van der Waals surface area contributed by atoms with Crippen LogP contribution in [0.3, 0.4) is 0 Å². The summed E-state index contributed by atoms with van der Waals surface area (Å²) in [6.07, 6.45) is 9.32. The number of thiophene rings is 1. The summed E-state index contributed by atoms with van der Waals surface area (Å²) in [6.45, 7) is 14.1. The number of aromatic carboxylic acids is 1. The van der Waals surface area contributed by atoms with Gasteiger partial charge in [-0.25, -0.2) is 29.5 Å². The number of likely N-dealkylation sites (N-methyl/N-ethyl adjacent to an activating group) is 1. The van der Waals surface area contributed by atoms with E-state index in [1.165, 1.54) is 29.1 Å². The summed E-state index contributed by atoms with van der Waals surface area (Å²) in [5, 5.41) is 25.7. The molecule has 0 amide bonds. The molecule has 2 saturated heterocycles. The number of nitrogens with two attached hydrogens (primary N) is 1. The molecule has 3 aliphatic rings. The van der Waals surface area contributed by atoms with Crippen LogP contribution in [0.4, 0.5) is 27.8 Å². The molecule has 9 aromatic rings. The minimum Gasteiger partial charge on any atom is -0.477 e. The first-order valence-electron chi connectivity index (χ1n) is 25.7. The van der Waals surface area contributed by atoms with Crippen LogP contribution in [-0.4, -0.2) is 133 Å². The fourth-order valence-corrected chi connectivity index (χ4v) is 9.80. The Kier molecular flexibility index (Phi) is 26.6. The summed E-state index contributed by atoms with van der Waals surface area (Å²) in [6, 6.07) is 32.5. The van der Waals surface area contributed by atoms with E-state index in [0.29, 0.717) is 33.8 Å². The summed E-state index contributed by atoms with van der Waals surface area (Å²) >= 11 is 19.5. The molecule has 0 bridgehead atoms. The van der Waals surface area contributed by atoms with Crippen molar-refractivity contribution in [3.63, 3.8) is 0 Å². The average Bonchev–Trinajstić information content (AvgIpc) is 4.47. The number of allylic oxidation sites excluding steroid dienone is 1. The molecule has 5 aromatic heterocycles. The highest BCUT2D eigenvalue weighted by atomic mass is 79.9. The Balaban J connectivity index is 0.000000193. The number of carbonyl (C=O) groups is 3. The molecule has 1 atom stereocenters. The van der Waals surface area contributed by atoms with Crippen molar-refractivity contribution in [1.29, 1.82) is 0 Å². The third-order valence-electron chi connectivity index (χ3n) is 11.8. The number of aromatic amines is 1. The first-order chi connectivity index (χ1) is 39.2. The minimum atomic E-state index is -0.864. The average molecular weight is 1330 g/mol. The van der Waals surface area contributed by atoms with Gasteiger partial charge in [0.15, 0.2) is 5.78 Å². The van der Waals surface area contributed by atoms with Crippen LogP contribution in [0.15, 0.2) is 142 Å². The van der Waals surface area contributed by atoms with Gasteiger partial charge in [0.2, 0.25) is 10.6 Å². The Hall–Kier alpha value is -6.99. The maximum absolute atomic E-state index is 12.2. The third-order valence-corrected chi connectivity index (χ3v) is 14.2. The first kappa shape index (κ1) is 67.8. The van der Waals surface area contributed by atoms with Gasteiger partial charge in [0.1, 0.15) is 22.1 Å². The summed E-state index contributed by atoms with van der Waals surface area (Å²) in [7, 11) is 2.15. The van der Waals surface area contributed by atoms with Crippen molar-refractivity contribution in [3.05, 3.63) is 163 Å². The predicted molar refractivity (Wildman–Crippen MR) is 350 cm³/mol. The van der Waals surface area contributed by atoms with Crippen LogP contribution in [0.1, 0.15) is 74.7 Å². The second-order valence-electron chi connectivity index (χ2n) is 19.5. The molecule has 4 aromatic carbocycles. The number of carbonyl (C=O) groups excluding carboxylic acids is 2. The van der Waals surface area contributed by atoms with Gasteiger partial charge in [-0.05, 0) is 153 Å². The lowest BCUT2D eigenvalue weighted by molar-refractivity contribution is 0.0522. The molecule has 84 heavy (non-hydrogen) atoms. The lowest BCUT2D eigenvalue weighted by Crippen LogP contribution is -2.40. The highest BCUT2D eigenvalue weighted by Gasteiger charge is 2.20. The van der Waals surface area contributed by atoms with Gasteiger partial charge in [0.25, 0.3) is 0 Å². The van der Waals surface area contributed by atoms with E-state index in [-0.39, 0.29) is 31.2 Å². The number of nitrogens with zero attached hydrogens (tertiary/aromatic N) is 8. The van der Waals surface area contributed by atoms with E-state index in [4.69, 9.17) is 43.5 Å². The molecule has 0 aliphatic carbocycles. The number of H-pyrrole nitrogens is 1. The Labute approximate surface area is 519 Å². The summed E-state index contributed by atoms with van der Waals surface area (Å²) in [5.41, 5.74) is 11.2. The number of hydrogen-bond acceptors (Lipinski definition) is 17. The number of anilines is 4. The van der Waals surface area contributed by atoms with Crippen molar-refractivity contribution in [3.8, 4) is 0 Å². The summed E-state index contributed by atoms with van der Waals surface area (Å²) in [4.78, 5) is 59.7. The first-order valence-corrected chi connectivity index (χ1v) is 28.9. The van der Waals surface area contributed by atoms with Crippen molar-refractivity contribution >= 4 is 151 Å². The molecule has 2 fully saturated rings. The molecule has 8 heterocycles. The quantitative estimate of drug-likeness (QED) is 0.0641. The topological polar surface area (TPSA) is 253 Å². The lowest BCUT2D eigenvalue weighted by Gasteiger charge is -2.21. The van der Waals surface area contributed by atoms with E-state index < -0.39 is 17.7 Å².